The van der Waals surface area contributed by atoms with Crippen molar-refractivity contribution in [1.82, 2.24) is 19.4 Å². The van der Waals surface area contributed by atoms with Crippen molar-refractivity contribution in [1.29, 1.82) is 0 Å². The molecule has 0 aliphatic heterocycles. The van der Waals surface area contributed by atoms with Crippen molar-refractivity contribution in [3.05, 3.63) is 40.7 Å². The van der Waals surface area contributed by atoms with Crippen LogP contribution in [-0.2, 0) is 20.0 Å². The first kappa shape index (κ1) is 13.7. The predicted molar refractivity (Wildman–Crippen MR) is 81.1 cm³/mol. The summed E-state index contributed by atoms with van der Waals surface area (Å²) in [6.07, 6.45) is 11.2. The Morgan fingerprint density at radius 3 is 2.95 bits per heavy atom. The number of aryl methyl sites for hydroxylation is 1. The SMILES string of the molecule is CNC1CCCCc2cn(Cc3ncc(Cl)n3C)cc21. The summed E-state index contributed by atoms with van der Waals surface area (Å²) >= 11 is 6.05. The van der Waals surface area contributed by atoms with Gasteiger partial charge in [-0.3, -0.25) is 0 Å². The van der Waals surface area contributed by atoms with E-state index in [1.54, 1.807) is 6.20 Å². The van der Waals surface area contributed by atoms with Gasteiger partial charge in [0.15, 0.2) is 0 Å². The molecule has 0 fully saturated rings. The molecule has 0 bridgehead atoms. The lowest BCUT2D eigenvalue weighted by molar-refractivity contribution is 0.530. The second kappa shape index (κ2) is 5.62. The summed E-state index contributed by atoms with van der Waals surface area (Å²) in [6, 6.07) is 0.485. The van der Waals surface area contributed by atoms with Gasteiger partial charge in [-0.2, -0.15) is 0 Å². The summed E-state index contributed by atoms with van der Waals surface area (Å²) in [7, 11) is 4.01. The molecular weight excluding hydrogens is 272 g/mol. The van der Waals surface area contributed by atoms with E-state index in [-0.39, 0.29) is 0 Å². The van der Waals surface area contributed by atoms with Gasteiger partial charge in [0.25, 0.3) is 0 Å². The van der Waals surface area contributed by atoms with Crippen molar-refractivity contribution in [2.45, 2.75) is 38.3 Å². The molecule has 0 radical (unpaired) electrons. The number of rotatable bonds is 3. The fraction of sp³-hybridized carbons (Fsp3) is 0.533. The molecule has 3 rings (SSSR count). The van der Waals surface area contributed by atoms with Crippen molar-refractivity contribution >= 4 is 11.6 Å². The van der Waals surface area contributed by atoms with Crippen LogP contribution in [0.4, 0.5) is 0 Å². The van der Waals surface area contributed by atoms with Crippen LogP contribution in [0, 0.1) is 0 Å². The molecule has 5 heteroatoms. The first-order valence-corrected chi connectivity index (χ1v) is 7.58. The molecule has 0 saturated heterocycles. The van der Waals surface area contributed by atoms with Crippen LogP contribution in [0.15, 0.2) is 18.6 Å². The zero-order chi connectivity index (χ0) is 14.1. The lowest BCUT2D eigenvalue weighted by atomic mass is 10.1. The van der Waals surface area contributed by atoms with Crippen LogP contribution < -0.4 is 5.32 Å². The zero-order valence-corrected chi connectivity index (χ0v) is 12.8. The Balaban J connectivity index is 1.87. The van der Waals surface area contributed by atoms with E-state index in [0.29, 0.717) is 11.2 Å². The van der Waals surface area contributed by atoms with E-state index in [1.807, 2.05) is 11.6 Å². The minimum Gasteiger partial charge on any atom is -0.346 e. The zero-order valence-electron chi connectivity index (χ0n) is 12.1. The number of aromatic nitrogens is 3. The number of halogens is 1. The summed E-state index contributed by atoms with van der Waals surface area (Å²) in [5, 5.41) is 4.12. The molecule has 4 nitrogen and oxygen atoms in total. The van der Waals surface area contributed by atoms with Gasteiger partial charge in [0, 0.05) is 25.5 Å². The van der Waals surface area contributed by atoms with Crippen LogP contribution in [0.3, 0.4) is 0 Å². The lowest BCUT2D eigenvalue weighted by Crippen LogP contribution is -2.15. The van der Waals surface area contributed by atoms with Crippen LogP contribution in [0.1, 0.15) is 42.3 Å². The third kappa shape index (κ3) is 2.50. The molecule has 0 amide bonds. The molecule has 1 aliphatic rings. The van der Waals surface area contributed by atoms with Crippen LogP contribution in [-0.4, -0.2) is 21.2 Å². The molecule has 2 aromatic heterocycles. The first-order chi connectivity index (χ1) is 9.69. The van der Waals surface area contributed by atoms with E-state index in [9.17, 15) is 0 Å². The Morgan fingerprint density at radius 1 is 1.40 bits per heavy atom. The Labute approximate surface area is 124 Å². The number of imidazole rings is 1. The van der Waals surface area contributed by atoms with Crippen LogP contribution in [0.25, 0.3) is 0 Å². The average Bonchev–Trinajstić information content (AvgIpc) is 2.91. The van der Waals surface area contributed by atoms with Crippen LogP contribution in [0.5, 0.6) is 0 Å². The highest BCUT2D eigenvalue weighted by Gasteiger charge is 2.19. The number of hydrogen-bond donors (Lipinski definition) is 1. The Kier molecular flexibility index (Phi) is 3.85. The van der Waals surface area contributed by atoms with Gasteiger partial charge in [-0.15, -0.1) is 0 Å². The molecule has 0 aromatic carbocycles. The number of hydrogen-bond acceptors (Lipinski definition) is 2. The van der Waals surface area contributed by atoms with Gasteiger partial charge >= 0.3 is 0 Å². The fourth-order valence-electron chi connectivity index (χ4n) is 3.04. The van der Waals surface area contributed by atoms with E-state index in [1.165, 1.54) is 36.8 Å². The first-order valence-electron chi connectivity index (χ1n) is 7.21. The van der Waals surface area contributed by atoms with E-state index >= 15 is 0 Å². The molecule has 2 aromatic rings. The molecule has 1 N–H and O–H groups in total. The molecule has 0 saturated carbocycles. The van der Waals surface area contributed by atoms with Gasteiger partial charge in [0.2, 0.25) is 0 Å². The third-order valence-electron chi connectivity index (χ3n) is 4.26. The standard InChI is InChI=1S/C15H21ClN4/c1-17-13-6-4-3-5-11-8-20(9-12(11)13)10-15-18-7-14(16)19(15)2/h7-9,13,17H,3-6,10H2,1-2H3. The monoisotopic (exact) mass is 292 g/mol. The molecule has 1 aliphatic carbocycles. The van der Waals surface area contributed by atoms with Crippen molar-refractivity contribution in [2.75, 3.05) is 7.05 Å². The quantitative estimate of drug-likeness (QED) is 0.883. The van der Waals surface area contributed by atoms with Gasteiger partial charge < -0.3 is 14.5 Å². The molecule has 108 valence electrons. The van der Waals surface area contributed by atoms with E-state index < -0.39 is 0 Å². The predicted octanol–water partition coefficient (Wildman–Crippen LogP) is 2.91. The second-order valence-corrected chi connectivity index (χ2v) is 5.94. The Hall–Kier alpha value is -1.26. The normalized spacial score (nSPS) is 18.9. The summed E-state index contributed by atoms with van der Waals surface area (Å²) in [4.78, 5) is 4.37. The smallest absolute Gasteiger partial charge is 0.129 e. The summed E-state index contributed by atoms with van der Waals surface area (Å²) in [5.41, 5.74) is 2.92. The number of fused-ring (bicyclic) bond motifs is 1. The third-order valence-corrected chi connectivity index (χ3v) is 4.61. The molecule has 20 heavy (non-hydrogen) atoms. The molecular formula is C15H21ClN4. The van der Waals surface area contributed by atoms with E-state index in [4.69, 9.17) is 11.6 Å². The number of nitrogens with one attached hydrogen (secondary N) is 1. The number of nitrogens with zero attached hydrogens (tertiary/aromatic N) is 3. The van der Waals surface area contributed by atoms with Gasteiger partial charge in [-0.1, -0.05) is 18.0 Å². The van der Waals surface area contributed by atoms with E-state index in [2.05, 4.69) is 34.3 Å². The highest BCUT2D eigenvalue weighted by molar-refractivity contribution is 6.29. The van der Waals surface area contributed by atoms with Crippen molar-refractivity contribution in [2.24, 2.45) is 7.05 Å². The Bertz CT molecular complexity index is 599. The van der Waals surface area contributed by atoms with Gasteiger partial charge in [-0.05, 0) is 37.4 Å². The molecule has 1 unspecified atom stereocenters. The summed E-state index contributed by atoms with van der Waals surface area (Å²) in [6.45, 7) is 0.770. The molecule has 0 spiro atoms. The van der Waals surface area contributed by atoms with Gasteiger partial charge in [0.05, 0.1) is 12.7 Å². The maximum atomic E-state index is 6.05. The summed E-state index contributed by atoms with van der Waals surface area (Å²) in [5.74, 6) is 0.987. The van der Waals surface area contributed by atoms with Gasteiger partial charge in [-0.25, -0.2) is 4.98 Å². The molecule has 2 heterocycles. The fourth-order valence-corrected chi connectivity index (χ4v) is 3.19. The van der Waals surface area contributed by atoms with Gasteiger partial charge in [0.1, 0.15) is 11.0 Å². The van der Waals surface area contributed by atoms with Crippen LogP contribution in [0.2, 0.25) is 5.15 Å². The largest absolute Gasteiger partial charge is 0.346 e. The topological polar surface area (TPSA) is 34.8 Å². The van der Waals surface area contributed by atoms with Crippen molar-refractivity contribution < 1.29 is 0 Å². The maximum Gasteiger partial charge on any atom is 0.129 e. The Morgan fingerprint density at radius 2 is 2.25 bits per heavy atom. The minimum atomic E-state index is 0.485. The minimum absolute atomic E-state index is 0.485. The highest BCUT2D eigenvalue weighted by Crippen LogP contribution is 2.29. The van der Waals surface area contributed by atoms with Crippen molar-refractivity contribution in [3.63, 3.8) is 0 Å². The molecule has 1 atom stereocenters. The highest BCUT2D eigenvalue weighted by atomic mass is 35.5. The maximum absolute atomic E-state index is 6.05. The average molecular weight is 293 g/mol. The van der Waals surface area contributed by atoms with Crippen LogP contribution >= 0.6 is 11.6 Å². The summed E-state index contributed by atoms with van der Waals surface area (Å²) < 4.78 is 4.17. The second-order valence-electron chi connectivity index (χ2n) is 5.55. The van der Waals surface area contributed by atoms with E-state index in [0.717, 1.165) is 12.4 Å². The lowest BCUT2D eigenvalue weighted by Gasteiger charge is -2.13. The van der Waals surface area contributed by atoms with Crippen molar-refractivity contribution in [3.8, 4) is 0 Å².